The van der Waals surface area contributed by atoms with Crippen LogP contribution >= 0.6 is 23.1 Å². The number of rotatable bonds is 7. The maximum absolute atomic E-state index is 12.9. The summed E-state index contributed by atoms with van der Waals surface area (Å²) in [5.74, 6) is 0.685. The molecule has 0 aliphatic carbocycles. The van der Waals surface area contributed by atoms with E-state index in [0.29, 0.717) is 23.2 Å². The van der Waals surface area contributed by atoms with Crippen molar-refractivity contribution in [3.63, 3.8) is 0 Å². The molecule has 0 atom stereocenters. The molecule has 0 bridgehead atoms. The number of hydrogen-bond acceptors (Lipinski definition) is 8. The first-order valence-corrected chi connectivity index (χ1v) is 9.47. The molecule has 136 valence electrons. The molecule has 0 aliphatic rings. The van der Waals surface area contributed by atoms with Crippen LogP contribution in [0.4, 0.5) is 9.52 Å². The number of anilines is 1. The number of halogens is 1. The fraction of sp³-hybridized carbons (Fsp3) is 0.235. The van der Waals surface area contributed by atoms with E-state index in [9.17, 15) is 9.18 Å². The van der Waals surface area contributed by atoms with E-state index in [2.05, 4.69) is 20.3 Å². The molecule has 3 rings (SSSR count). The first-order valence-electron chi connectivity index (χ1n) is 7.67. The quantitative estimate of drug-likeness (QED) is 0.474. The molecular formula is C17H16FN3O3S2. The Bertz CT molecular complexity index is 893. The summed E-state index contributed by atoms with van der Waals surface area (Å²) >= 11 is 2.89. The maximum atomic E-state index is 12.9. The molecule has 0 unspecified atom stereocenters. The Morgan fingerprint density at radius 1 is 1.35 bits per heavy atom. The molecular weight excluding hydrogens is 377 g/mol. The highest BCUT2D eigenvalue weighted by atomic mass is 32.2. The van der Waals surface area contributed by atoms with Crippen LogP contribution in [-0.2, 0) is 17.0 Å². The number of thioether (sulfide) groups is 1. The van der Waals surface area contributed by atoms with Gasteiger partial charge in [0.1, 0.15) is 11.6 Å². The van der Waals surface area contributed by atoms with E-state index in [0.717, 1.165) is 15.5 Å². The summed E-state index contributed by atoms with van der Waals surface area (Å²) < 4.78 is 23.9. The second-order valence-electron chi connectivity index (χ2n) is 5.36. The Balaban J connectivity index is 1.53. The predicted molar refractivity (Wildman–Crippen MR) is 98.0 cm³/mol. The van der Waals surface area contributed by atoms with Crippen LogP contribution in [0.5, 0.6) is 0 Å². The van der Waals surface area contributed by atoms with E-state index in [-0.39, 0.29) is 11.6 Å². The van der Waals surface area contributed by atoms with Gasteiger partial charge in [0.2, 0.25) is 10.9 Å². The lowest BCUT2D eigenvalue weighted by atomic mass is 10.2. The Labute approximate surface area is 157 Å². The van der Waals surface area contributed by atoms with E-state index >= 15 is 0 Å². The van der Waals surface area contributed by atoms with E-state index in [1.807, 2.05) is 6.07 Å². The highest BCUT2D eigenvalue weighted by Gasteiger charge is 2.16. The van der Waals surface area contributed by atoms with E-state index in [4.69, 9.17) is 4.42 Å². The summed E-state index contributed by atoms with van der Waals surface area (Å²) in [6, 6.07) is 8.10. The van der Waals surface area contributed by atoms with Crippen LogP contribution < -0.4 is 5.32 Å². The monoisotopic (exact) mass is 393 g/mol. The van der Waals surface area contributed by atoms with Gasteiger partial charge in [0.25, 0.3) is 0 Å². The van der Waals surface area contributed by atoms with E-state index in [1.165, 1.54) is 42.3 Å². The number of esters is 1. The lowest BCUT2D eigenvalue weighted by Crippen LogP contribution is -2.00. The van der Waals surface area contributed by atoms with Gasteiger partial charge in [-0.15, -0.1) is 10.2 Å². The maximum Gasteiger partial charge on any atom is 0.374 e. The minimum Gasteiger partial charge on any atom is -0.463 e. The molecule has 0 saturated heterocycles. The zero-order valence-corrected chi connectivity index (χ0v) is 15.7. The number of benzene rings is 1. The molecule has 0 spiro atoms. The van der Waals surface area contributed by atoms with Gasteiger partial charge in [-0.25, -0.2) is 9.18 Å². The van der Waals surface area contributed by atoms with Crippen molar-refractivity contribution in [3.8, 4) is 0 Å². The number of aromatic nitrogens is 2. The zero-order valence-electron chi connectivity index (χ0n) is 14.1. The highest BCUT2D eigenvalue weighted by molar-refractivity contribution is 8.00. The first kappa shape index (κ1) is 18.4. The average Bonchev–Trinajstić information content (AvgIpc) is 3.25. The van der Waals surface area contributed by atoms with Crippen LogP contribution in [0.15, 0.2) is 39.1 Å². The molecule has 0 aliphatic heterocycles. The molecule has 1 aromatic carbocycles. The van der Waals surface area contributed by atoms with Crippen molar-refractivity contribution in [2.45, 2.75) is 23.6 Å². The summed E-state index contributed by atoms with van der Waals surface area (Å²) in [5, 5.41) is 12.0. The minimum atomic E-state index is -0.484. The lowest BCUT2D eigenvalue weighted by Gasteiger charge is -2.01. The number of nitrogens with zero attached hydrogens (tertiary/aromatic N) is 2. The van der Waals surface area contributed by atoms with Gasteiger partial charge in [-0.3, -0.25) is 0 Å². The van der Waals surface area contributed by atoms with Gasteiger partial charge in [0.15, 0.2) is 4.34 Å². The molecule has 2 heterocycles. The van der Waals surface area contributed by atoms with Gasteiger partial charge in [-0.2, -0.15) is 0 Å². The Morgan fingerprint density at radius 3 is 2.85 bits per heavy atom. The minimum absolute atomic E-state index is 0.224. The van der Waals surface area contributed by atoms with Gasteiger partial charge < -0.3 is 14.5 Å². The molecule has 26 heavy (non-hydrogen) atoms. The van der Waals surface area contributed by atoms with Gasteiger partial charge in [-0.05, 0) is 30.7 Å². The third kappa shape index (κ3) is 4.61. The number of nitrogens with one attached hydrogen (secondary N) is 1. The highest BCUT2D eigenvalue weighted by Crippen LogP contribution is 2.30. The molecule has 9 heteroatoms. The van der Waals surface area contributed by atoms with Crippen molar-refractivity contribution < 1.29 is 18.3 Å². The number of hydrogen-bond donors (Lipinski definition) is 1. The number of carbonyl (C=O) groups excluding carboxylic acids is 1. The molecule has 0 saturated carbocycles. The number of methoxy groups -OCH3 is 1. The SMILES string of the molecule is COC(=O)c1oc(CSc2nnc(NCc3ccc(F)cc3)s2)cc1C. The van der Waals surface area contributed by atoms with Crippen molar-refractivity contribution in [3.05, 3.63) is 58.8 Å². The fourth-order valence-corrected chi connectivity index (χ4v) is 3.80. The van der Waals surface area contributed by atoms with Gasteiger partial charge in [0.05, 0.1) is 12.9 Å². The van der Waals surface area contributed by atoms with Crippen LogP contribution in [-0.4, -0.2) is 23.3 Å². The molecule has 0 radical (unpaired) electrons. The smallest absolute Gasteiger partial charge is 0.374 e. The second-order valence-corrected chi connectivity index (χ2v) is 7.56. The average molecular weight is 393 g/mol. The van der Waals surface area contributed by atoms with Gasteiger partial charge in [-0.1, -0.05) is 35.2 Å². The third-order valence-electron chi connectivity index (χ3n) is 3.44. The van der Waals surface area contributed by atoms with Gasteiger partial charge in [0, 0.05) is 12.1 Å². The standard InChI is InChI=1S/C17H16FN3O3S2/c1-10-7-13(24-14(10)15(22)23-2)9-25-17-21-20-16(26-17)19-8-11-3-5-12(18)6-4-11/h3-7H,8-9H2,1-2H3,(H,19,20). The van der Waals surface area contributed by atoms with Crippen LogP contribution in [0.2, 0.25) is 0 Å². The van der Waals surface area contributed by atoms with Crippen LogP contribution in [0.25, 0.3) is 0 Å². The van der Waals surface area contributed by atoms with Crippen LogP contribution in [0.1, 0.15) is 27.4 Å². The van der Waals surface area contributed by atoms with Crippen molar-refractivity contribution >= 4 is 34.2 Å². The number of ether oxygens (including phenoxy) is 1. The first-order chi connectivity index (χ1) is 12.5. The summed E-state index contributed by atoms with van der Waals surface area (Å²) in [5.41, 5.74) is 1.70. The molecule has 2 aromatic heterocycles. The summed E-state index contributed by atoms with van der Waals surface area (Å²) in [6.07, 6.45) is 0. The van der Waals surface area contributed by atoms with Crippen LogP contribution in [0.3, 0.4) is 0 Å². The van der Waals surface area contributed by atoms with Crippen molar-refractivity contribution in [1.29, 1.82) is 0 Å². The zero-order chi connectivity index (χ0) is 18.5. The third-order valence-corrected chi connectivity index (χ3v) is 5.48. The summed E-state index contributed by atoms with van der Waals surface area (Å²) in [7, 11) is 1.32. The second kappa shape index (κ2) is 8.33. The normalized spacial score (nSPS) is 10.7. The Hall–Kier alpha value is -2.39. The van der Waals surface area contributed by atoms with Crippen molar-refractivity contribution in [2.24, 2.45) is 0 Å². The van der Waals surface area contributed by atoms with Crippen LogP contribution in [0, 0.1) is 12.7 Å². The molecule has 0 fully saturated rings. The summed E-state index contributed by atoms with van der Waals surface area (Å²) in [6.45, 7) is 2.34. The molecule has 3 aromatic rings. The summed E-state index contributed by atoms with van der Waals surface area (Å²) in [4.78, 5) is 11.6. The molecule has 0 amide bonds. The lowest BCUT2D eigenvalue weighted by molar-refractivity contribution is 0.0562. The van der Waals surface area contributed by atoms with Gasteiger partial charge >= 0.3 is 5.97 Å². The number of aryl methyl sites for hydroxylation is 1. The topological polar surface area (TPSA) is 77.2 Å². The Morgan fingerprint density at radius 2 is 2.12 bits per heavy atom. The molecule has 1 N–H and O–H groups in total. The van der Waals surface area contributed by atoms with Crippen molar-refractivity contribution in [1.82, 2.24) is 10.2 Å². The number of furan rings is 1. The van der Waals surface area contributed by atoms with E-state index in [1.54, 1.807) is 19.1 Å². The van der Waals surface area contributed by atoms with Crippen molar-refractivity contribution in [2.75, 3.05) is 12.4 Å². The Kier molecular flexibility index (Phi) is 5.89. The fourth-order valence-electron chi connectivity index (χ4n) is 2.17. The van der Waals surface area contributed by atoms with E-state index < -0.39 is 5.97 Å². The predicted octanol–water partition coefficient (Wildman–Crippen LogP) is 4.27. The number of carbonyl (C=O) groups is 1. The molecule has 6 nitrogen and oxygen atoms in total. The largest absolute Gasteiger partial charge is 0.463 e.